The van der Waals surface area contributed by atoms with Gasteiger partial charge in [0, 0.05) is 38.0 Å². The summed E-state index contributed by atoms with van der Waals surface area (Å²) in [6.07, 6.45) is 4.44. The fraction of sp³-hybridized carbons (Fsp3) is 0.667. The van der Waals surface area contributed by atoms with Gasteiger partial charge in [0.05, 0.1) is 0 Å². The molecule has 21 heavy (non-hydrogen) atoms. The molecule has 116 valence electrons. The van der Waals surface area contributed by atoms with Crippen molar-refractivity contribution in [2.24, 2.45) is 0 Å². The number of aryl methyl sites for hydroxylation is 1. The van der Waals surface area contributed by atoms with Crippen molar-refractivity contribution in [3.8, 4) is 0 Å². The minimum absolute atomic E-state index is 0.156. The van der Waals surface area contributed by atoms with E-state index in [0.717, 1.165) is 55.3 Å². The van der Waals surface area contributed by atoms with Crippen LogP contribution in [-0.2, 0) is 11.2 Å². The summed E-state index contributed by atoms with van der Waals surface area (Å²) in [5.41, 5.74) is 1.01. The van der Waals surface area contributed by atoms with Crippen molar-refractivity contribution in [1.29, 1.82) is 0 Å². The van der Waals surface area contributed by atoms with E-state index in [2.05, 4.69) is 25.9 Å². The van der Waals surface area contributed by atoms with Crippen molar-refractivity contribution >= 4 is 17.5 Å². The lowest BCUT2D eigenvalue weighted by atomic mass is 10.2. The maximum absolute atomic E-state index is 11.6. The van der Waals surface area contributed by atoms with Crippen LogP contribution in [-0.4, -0.2) is 35.5 Å². The van der Waals surface area contributed by atoms with Gasteiger partial charge in [-0.15, -0.1) is 0 Å². The largest absolute Gasteiger partial charge is 0.373 e. The van der Waals surface area contributed by atoms with E-state index in [1.54, 1.807) is 0 Å². The number of carbonyl (C=O) groups excluding carboxylic acids is 1. The number of rotatable bonds is 8. The van der Waals surface area contributed by atoms with E-state index >= 15 is 0 Å². The average Bonchev–Trinajstić information content (AvgIpc) is 3.29. The molecule has 0 bridgehead atoms. The van der Waals surface area contributed by atoms with Gasteiger partial charge >= 0.3 is 0 Å². The predicted octanol–water partition coefficient (Wildman–Crippen LogP) is 1.86. The summed E-state index contributed by atoms with van der Waals surface area (Å²) in [6.45, 7) is 4.77. The summed E-state index contributed by atoms with van der Waals surface area (Å²) in [6, 6.07) is 0.444. The maximum Gasteiger partial charge on any atom is 0.220 e. The van der Waals surface area contributed by atoms with E-state index in [-0.39, 0.29) is 5.91 Å². The second-order valence-corrected chi connectivity index (χ2v) is 5.44. The van der Waals surface area contributed by atoms with E-state index in [9.17, 15) is 4.79 Å². The Hall–Kier alpha value is -1.85. The van der Waals surface area contributed by atoms with Crippen LogP contribution in [0.3, 0.4) is 0 Å². The van der Waals surface area contributed by atoms with Gasteiger partial charge in [0.2, 0.25) is 5.91 Å². The SMILES string of the molecule is CCc1nc(NC)c(C)c(NCCCC(=O)NC2CC2)n1. The van der Waals surface area contributed by atoms with Crippen LogP contribution in [0, 0.1) is 6.92 Å². The number of nitrogens with zero attached hydrogens (tertiary/aromatic N) is 2. The molecule has 1 heterocycles. The molecule has 1 saturated carbocycles. The van der Waals surface area contributed by atoms with Crippen molar-refractivity contribution in [1.82, 2.24) is 15.3 Å². The molecule has 1 aliphatic rings. The number of nitrogens with one attached hydrogen (secondary N) is 3. The summed E-state index contributed by atoms with van der Waals surface area (Å²) in [7, 11) is 1.86. The van der Waals surface area contributed by atoms with Crippen LogP contribution in [0.4, 0.5) is 11.6 Å². The topological polar surface area (TPSA) is 78.9 Å². The molecule has 1 aromatic rings. The molecule has 1 amide bonds. The second-order valence-electron chi connectivity index (χ2n) is 5.44. The third-order valence-electron chi connectivity index (χ3n) is 3.56. The summed E-state index contributed by atoms with van der Waals surface area (Å²) >= 11 is 0. The first-order valence-electron chi connectivity index (χ1n) is 7.72. The Bertz CT molecular complexity index is 499. The van der Waals surface area contributed by atoms with Gasteiger partial charge in [-0.25, -0.2) is 9.97 Å². The van der Waals surface area contributed by atoms with Crippen LogP contribution >= 0.6 is 0 Å². The van der Waals surface area contributed by atoms with Crippen molar-refractivity contribution in [2.75, 3.05) is 24.2 Å². The Morgan fingerprint density at radius 3 is 2.62 bits per heavy atom. The number of carbonyl (C=O) groups is 1. The first-order valence-corrected chi connectivity index (χ1v) is 7.72. The van der Waals surface area contributed by atoms with Crippen molar-refractivity contribution < 1.29 is 4.79 Å². The van der Waals surface area contributed by atoms with E-state index in [0.29, 0.717) is 12.5 Å². The lowest BCUT2D eigenvalue weighted by Gasteiger charge is -2.13. The minimum Gasteiger partial charge on any atom is -0.373 e. The van der Waals surface area contributed by atoms with Gasteiger partial charge in [0.15, 0.2) is 0 Å². The third kappa shape index (κ3) is 4.58. The molecule has 1 aromatic heterocycles. The van der Waals surface area contributed by atoms with Crippen LogP contribution in [0.1, 0.15) is 44.0 Å². The van der Waals surface area contributed by atoms with Crippen LogP contribution in [0.2, 0.25) is 0 Å². The molecule has 0 aromatic carbocycles. The lowest BCUT2D eigenvalue weighted by Crippen LogP contribution is -2.25. The molecule has 0 saturated heterocycles. The first kappa shape index (κ1) is 15.5. The molecule has 6 nitrogen and oxygen atoms in total. The third-order valence-corrected chi connectivity index (χ3v) is 3.56. The summed E-state index contributed by atoms with van der Waals surface area (Å²) in [5, 5.41) is 9.41. The van der Waals surface area contributed by atoms with Crippen molar-refractivity contribution in [3.05, 3.63) is 11.4 Å². The fourth-order valence-electron chi connectivity index (χ4n) is 2.12. The normalized spacial score (nSPS) is 13.9. The molecule has 2 rings (SSSR count). The summed E-state index contributed by atoms with van der Waals surface area (Å²) < 4.78 is 0. The van der Waals surface area contributed by atoms with E-state index < -0.39 is 0 Å². The Kier molecular flexibility index (Phi) is 5.36. The standard InChI is InChI=1S/C15H25N5O/c1-4-12-19-14(16-3)10(2)15(20-12)17-9-5-6-13(21)18-11-7-8-11/h11H,4-9H2,1-3H3,(H,18,21)(H2,16,17,19,20). The number of hydrogen-bond donors (Lipinski definition) is 3. The lowest BCUT2D eigenvalue weighted by molar-refractivity contribution is -0.121. The van der Waals surface area contributed by atoms with Gasteiger partial charge < -0.3 is 16.0 Å². The van der Waals surface area contributed by atoms with Gasteiger partial charge in [-0.3, -0.25) is 4.79 Å². The predicted molar refractivity (Wildman–Crippen MR) is 84.6 cm³/mol. The van der Waals surface area contributed by atoms with E-state index in [1.165, 1.54) is 0 Å². The summed E-state index contributed by atoms with van der Waals surface area (Å²) in [5.74, 6) is 2.69. The molecule has 0 radical (unpaired) electrons. The van der Waals surface area contributed by atoms with Gasteiger partial charge in [-0.05, 0) is 26.2 Å². The van der Waals surface area contributed by atoms with Gasteiger partial charge in [-0.1, -0.05) is 6.92 Å². The molecule has 0 unspecified atom stereocenters. The molecule has 3 N–H and O–H groups in total. The minimum atomic E-state index is 0.156. The quantitative estimate of drug-likeness (QED) is 0.637. The average molecular weight is 291 g/mol. The number of aromatic nitrogens is 2. The molecule has 0 aliphatic heterocycles. The highest BCUT2D eigenvalue weighted by atomic mass is 16.1. The van der Waals surface area contributed by atoms with Crippen molar-refractivity contribution in [3.63, 3.8) is 0 Å². The molecule has 0 spiro atoms. The van der Waals surface area contributed by atoms with Crippen LogP contribution in [0.15, 0.2) is 0 Å². The Morgan fingerprint density at radius 1 is 1.29 bits per heavy atom. The molecular formula is C15H25N5O. The van der Waals surface area contributed by atoms with Crippen LogP contribution in [0.5, 0.6) is 0 Å². The van der Waals surface area contributed by atoms with E-state index in [1.807, 2.05) is 20.9 Å². The zero-order valence-electron chi connectivity index (χ0n) is 13.1. The molecule has 1 fully saturated rings. The van der Waals surface area contributed by atoms with Gasteiger partial charge in [-0.2, -0.15) is 0 Å². The zero-order chi connectivity index (χ0) is 15.2. The van der Waals surface area contributed by atoms with Crippen LogP contribution in [0.25, 0.3) is 0 Å². The first-order chi connectivity index (χ1) is 10.1. The number of anilines is 2. The summed E-state index contributed by atoms with van der Waals surface area (Å²) in [4.78, 5) is 20.5. The monoisotopic (exact) mass is 291 g/mol. The molecule has 6 heteroatoms. The smallest absolute Gasteiger partial charge is 0.220 e. The van der Waals surface area contributed by atoms with Crippen molar-refractivity contribution in [2.45, 2.75) is 52.0 Å². The highest BCUT2D eigenvalue weighted by molar-refractivity contribution is 5.76. The fourth-order valence-corrected chi connectivity index (χ4v) is 2.12. The number of amides is 1. The maximum atomic E-state index is 11.6. The van der Waals surface area contributed by atoms with Gasteiger partial charge in [0.25, 0.3) is 0 Å². The molecule has 1 aliphatic carbocycles. The van der Waals surface area contributed by atoms with Gasteiger partial charge in [0.1, 0.15) is 17.5 Å². The molecular weight excluding hydrogens is 266 g/mol. The molecule has 0 atom stereocenters. The zero-order valence-corrected chi connectivity index (χ0v) is 13.1. The number of hydrogen-bond acceptors (Lipinski definition) is 5. The Morgan fingerprint density at radius 2 is 2.00 bits per heavy atom. The second kappa shape index (κ2) is 7.24. The Labute approximate surface area is 126 Å². The van der Waals surface area contributed by atoms with E-state index in [4.69, 9.17) is 0 Å². The van der Waals surface area contributed by atoms with Crippen LogP contribution < -0.4 is 16.0 Å². The highest BCUT2D eigenvalue weighted by Gasteiger charge is 2.22. The highest BCUT2D eigenvalue weighted by Crippen LogP contribution is 2.20. The Balaban J connectivity index is 1.82.